The van der Waals surface area contributed by atoms with Crippen LogP contribution in [0.1, 0.15) is 28.8 Å². The molecule has 0 bridgehead atoms. The summed E-state index contributed by atoms with van der Waals surface area (Å²) in [6, 6.07) is 5.74. The maximum Gasteiger partial charge on any atom is 0.251 e. The van der Waals surface area contributed by atoms with Crippen LogP contribution in [-0.4, -0.2) is 11.9 Å². The molecule has 0 unspecified atom stereocenters. The molecule has 14 heavy (non-hydrogen) atoms. The van der Waals surface area contributed by atoms with E-state index in [-0.39, 0.29) is 5.91 Å². The summed E-state index contributed by atoms with van der Waals surface area (Å²) in [5.74, 6) is 0.00673. The van der Waals surface area contributed by atoms with Gasteiger partial charge in [-0.15, -0.1) is 0 Å². The van der Waals surface area contributed by atoms with Gasteiger partial charge in [-0.1, -0.05) is 11.6 Å². The fourth-order valence-electron chi connectivity index (χ4n) is 1.28. The van der Waals surface area contributed by atoms with E-state index in [1.54, 1.807) is 12.1 Å². The Bertz CT molecular complexity index is 372. The van der Waals surface area contributed by atoms with Crippen molar-refractivity contribution in [1.82, 2.24) is 5.32 Å². The number of hydrogen-bond acceptors (Lipinski definition) is 1. The van der Waals surface area contributed by atoms with Crippen molar-refractivity contribution in [3.8, 4) is 0 Å². The summed E-state index contributed by atoms with van der Waals surface area (Å²) in [4.78, 5) is 11.6. The minimum absolute atomic E-state index is 0.00673. The number of hydrogen-bond donors (Lipinski definition) is 1. The summed E-state index contributed by atoms with van der Waals surface area (Å²) >= 11 is 5.87. The number of carbonyl (C=O) groups is 1. The molecule has 0 atom stereocenters. The first-order valence-corrected chi connectivity index (χ1v) is 5.11. The van der Waals surface area contributed by atoms with Crippen molar-refractivity contribution in [2.45, 2.75) is 25.8 Å². The molecule has 1 aliphatic rings. The van der Waals surface area contributed by atoms with Gasteiger partial charge in [-0.05, 0) is 43.5 Å². The second-order valence-electron chi connectivity index (χ2n) is 3.71. The van der Waals surface area contributed by atoms with E-state index in [9.17, 15) is 4.79 Å². The van der Waals surface area contributed by atoms with Gasteiger partial charge in [0.25, 0.3) is 5.91 Å². The Morgan fingerprint density at radius 2 is 2.21 bits per heavy atom. The first-order chi connectivity index (χ1) is 6.66. The lowest BCUT2D eigenvalue weighted by atomic mass is 10.1. The van der Waals surface area contributed by atoms with E-state index in [2.05, 4.69) is 5.32 Å². The predicted octanol–water partition coefficient (Wildman–Crippen LogP) is 2.54. The Balaban J connectivity index is 2.14. The minimum Gasteiger partial charge on any atom is -0.349 e. The number of aryl methyl sites for hydroxylation is 1. The highest BCUT2D eigenvalue weighted by atomic mass is 35.5. The molecule has 2 rings (SSSR count). The summed E-state index contributed by atoms with van der Waals surface area (Å²) in [6.07, 6.45) is 2.22. The predicted molar refractivity (Wildman–Crippen MR) is 56.7 cm³/mol. The quantitative estimate of drug-likeness (QED) is 0.797. The molecular formula is C11H12ClNO. The van der Waals surface area contributed by atoms with Crippen LogP contribution in [0.15, 0.2) is 18.2 Å². The smallest absolute Gasteiger partial charge is 0.251 e. The van der Waals surface area contributed by atoms with Gasteiger partial charge >= 0.3 is 0 Å². The van der Waals surface area contributed by atoms with E-state index < -0.39 is 0 Å². The molecule has 1 aliphatic carbocycles. The van der Waals surface area contributed by atoms with Crippen LogP contribution in [0.2, 0.25) is 5.02 Å². The van der Waals surface area contributed by atoms with Crippen molar-refractivity contribution in [3.63, 3.8) is 0 Å². The van der Waals surface area contributed by atoms with E-state index in [4.69, 9.17) is 11.6 Å². The highest BCUT2D eigenvalue weighted by Crippen LogP contribution is 2.20. The lowest BCUT2D eigenvalue weighted by Crippen LogP contribution is -2.25. The van der Waals surface area contributed by atoms with Crippen LogP contribution < -0.4 is 5.32 Å². The van der Waals surface area contributed by atoms with Gasteiger partial charge in [0.1, 0.15) is 0 Å². The van der Waals surface area contributed by atoms with E-state index in [0.717, 1.165) is 18.4 Å². The maximum atomic E-state index is 11.6. The van der Waals surface area contributed by atoms with Gasteiger partial charge in [0.2, 0.25) is 0 Å². The van der Waals surface area contributed by atoms with Crippen LogP contribution >= 0.6 is 11.6 Å². The van der Waals surface area contributed by atoms with Gasteiger partial charge in [-0.2, -0.15) is 0 Å². The molecule has 1 N–H and O–H groups in total. The Morgan fingerprint density at radius 1 is 1.50 bits per heavy atom. The van der Waals surface area contributed by atoms with E-state index in [1.807, 2.05) is 13.0 Å². The average molecular weight is 210 g/mol. The third kappa shape index (κ3) is 2.07. The van der Waals surface area contributed by atoms with Crippen LogP contribution in [0.5, 0.6) is 0 Å². The molecule has 0 heterocycles. The second-order valence-corrected chi connectivity index (χ2v) is 4.12. The van der Waals surface area contributed by atoms with Crippen LogP contribution in [0.25, 0.3) is 0 Å². The zero-order chi connectivity index (χ0) is 10.1. The average Bonchev–Trinajstić information content (AvgIpc) is 2.93. The maximum absolute atomic E-state index is 11.6. The van der Waals surface area contributed by atoms with Crippen molar-refractivity contribution < 1.29 is 4.79 Å². The Morgan fingerprint density at radius 3 is 2.79 bits per heavy atom. The standard InChI is InChI=1S/C11H12ClNO/c1-7-6-8(2-5-10(7)12)11(14)13-9-3-4-9/h2,5-6,9H,3-4H2,1H3,(H,13,14). The summed E-state index contributed by atoms with van der Waals surface area (Å²) in [5.41, 5.74) is 1.63. The molecule has 74 valence electrons. The molecule has 0 spiro atoms. The fourth-order valence-corrected chi connectivity index (χ4v) is 1.40. The molecule has 1 saturated carbocycles. The van der Waals surface area contributed by atoms with E-state index in [0.29, 0.717) is 16.6 Å². The van der Waals surface area contributed by atoms with Crippen molar-refractivity contribution in [3.05, 3.63) is 34.3 Å². The largest absolute Gasteiger partial charge is 0.349 e. The first kappa shape index (κ1) is 9.53. The van der Waals surface area contributed by atoms with Gasteiger partial charge in [0, 0.05) is 16.6 Å². The molecule has 1 amide bonds. The number of halogens is 1. The molecule has 0 aliphatic heterocycles. The highest BCUT2D eigenvalue weighted by Gasteiger charge is 2.23. The lowest BCUT2D eigenvalue weighted by Gasteiger charge is -2.04. The molecule has 1 fully saturated rings. The zero-order valence-corrected chi connectivity index (χ0v) is 8.77. The fraction of sp³-hybridized carbons (Fsp3) is 0.364. The monoisotopic (exact) mass is 209 g/mol. The molecular weight excluding hydrogens is 198 g/mol. The third-order valence-corrected chi connectivity index (χ3v) is 2.76. The number of carbonyl (C=O) groups excluding carboxylic acids is 1. The topological polar surface area (TPSA) is 29.1 Å². The minimum atomic E-state index is 0.00673. The second kappa shape index (κ2) is 3.62. The molecule has 2 nitrogen and oxygen atoms in total. The normalized spacial score (nSPS) is 15.3. The number of amides is 1. The van der Waals surface area contributed by atoms with Crippen LogP contribution in [-0.2, 0) is 0 Å². The van der Waals surface area contributed by atoms with Crippen molar-refractivity contribution in [1.29, 1.82) is 0 Å². The Labute approximate surface area is 88.3 Å². The molecule has 0 aromatic heterocycles. The van der Waals surface area contributed by atoms with Crippen LogP contribution in [0.3, 0.4) is 0 Å². The summed E-state index contributed by atoms with van der Waals surface area (Å²) in [5, 5.41) is 3.64. The van der Waals surface area contributed by atoms with Crippen molar-refractivity contribution in [2.75, 3.05) is 0 Å². The van der Waals surface area contributed by atoms with Gasteiger partial charge in [-0.3, -0.25) is 4.79 Å². The summed E-state index contributed by atoms with van der Waals surface area (Å²) < 4.78 is 0. The molecule has 0 radical (unpaired) electrons. The Hall–Kier alpha value is -1.02. The first-order valence-electron chi connectivity index (χ1n) is 4.74. The highest BCUT2D eigenvalue weighted by molar-refractivity contribution is 6.31. The van der Waals surface area contributed by atoms with Crippen LogP contribution in [0.4, 0.5) is 0 Å². The molecule has 0 saturated heterocycles. The SMILES string of the molecule is Cc1cc(C(=O)NC2CC2)ccc1Cl. The summed E-state index contributed by atoms with van der Waals surface area (Å²) in [7, 11) is 0. The zero-order valence-electron chi connectivity index (χ0n) is 8.01. The van der Waals surface area contributed by atoms with Crippen molar-refractivity contribution in [2.24, 2.45) is 0 Å². The number of nitrogens with one attached hydrogen (secondary N) is 1. The van der Waals surface area contributed by atoms with E-state index >= 15 is 0 Å². The van der Waals surface area contributed by atoms with Gasteiger partial charge < -0.3 is 5.32 Å². The van der Waals surface area contributed by atoms with Gasteiger partial charge in [0.15, 0.2) is 0 Å². The molecule has 3 heteroatoms. The Kier molecular flexibility index (Phi) is 2.46. The third-order valence-electron chi connectivity index (χ3n) is 2.33. The van der Waals surface area contributed by atoms with Gasteiger partial charge in [0.05, 0.1) is 0 Å². The van der Waals surface area contributed by atoms with Crippen molar-refractivity contribution >= 4 is 17.5 Å². The number of rotatable bonds is 2. The molecule has 1 aromatic rings. The summed E-state index contributed by atoms with van der Waals surface area (Å²) in [6.45, 7) is 1.90. The van der Waals surface area contributed by atoms with E-state index in [1.165, 1.54) is 0 Å². The lowest BCUT2D eigenvalue weighted by molar-refractivity contribution is 0.0951. The van der Waals surface area contributed by atoms with Crippen LogP contribution in [0, 0.1) is 6.92 Å². The number of benzene rings is 1. The van der Waals surface area contributed by atoms with Gasteiger partial charge in [-0.25, -0.2) is 0 Å². The molecule has 1 aromatic carbocycles.